The number of benzene rings is 2. The number of nitrogens with one attached hydrogen (secondary N) is 1. The Morgan fingerprint density at radius 3 is 2.33 bits per heavy atom. The SMILES string of the molecule is COc1ccc(S(=O)(=O)N2CCC(C(=O)NC(C)c3ccc(Cl)cc3Cl)CC2)cc1. The van der Waals surface area contributed by atoms with Gasteiger partial charge in [-0.15, -0.1) is 0 Å². The maximum Gasteiger partial charge on any atom is 0.243 e. The van der Waals surface area contributed by atoms with E-state index in [9.17, 15) is 13.2 Å². The van der Waals surface area contributed by atoms with E-state index in [1.807, 2.05) is 6.92 Å². The molecule has 9 heteroatoms. The summed E-state index contributed by atoms with van der Waals surface area (Å²) in [6.45, 7) is 2.45. The standard InChI is InChI=1S/C21H24Cl2N2O4S/c1-14(19-8-3-16(22)13-20(19)23)24-21(26)15-9-11-25(12-10-15)30(27,28)18-6-4-17(29-2)5-7-18/h3-8,13-15H,9-12H2,1-2H3,(H,24,26). The molecule has 30 heavy (non-hydrogen) atoms. The fourth-order valence-corrected chi connectivity index (χ4v) is 5.56. The molecule has 1 heterocycles. The summed E-state index contributed by atoms with van der Waals surface area (Å²) >= 11 is 12.2. The lowest BCUT2D eigenvalue weighted by molar-refractivity contribution is -0.126. The van der Waals surface area contributed by atoms with Gasteiger partial charge in [-0.05, 0) is 61.7 Å². The Bertz CT molecular complexity index is 1000. The van der Waals surface area contributed by atoms with Crippen molar-refractivity contribution >= 4 is 39.1 Å². The van der Waals surface area contributed by atoms with E-state index in [1.165, 1.54) is 23.5 Å². The number of nitrogens with zero attached hydrogens (tertiary/aromatic N) is 1. The van der Waals surface area contributed by atoms with Gasteiger partial charge in [0, 0.05) is 29.1 Å². The van der Waals surface area contributed by atoms with Gasteiger partial charge >= 0.3 is 0 Å². The van der Waals surface area contributed by atoms with Crippen LogP contribution < -0.4 is 10.1 Å². The van der Waals surface area contributed by atoms with E-state index >= 15 is 0 Å². The lowest BCUT2D eigenvalue weighted by Gasteiger charge is -2.31. The Balaban J connectivity index is 1.59. The summed E-state index contributed by atoms with van der Waals surface area (Å²) < 4.78 is 32.2. The van der Waals surface area contributed by atoms with Crippen LogP contribution in [0.4, 0.5) is 0 Å². The molecule has 1 unspecified atom stereocenters. The maximum atomic E-state index is 12.9. The van der Waals surface area contributed by atoms with Crippen LogP contribution in [0.25, 0.3) is 0 Å². The Morgan fingerprint density at radius 1 is 1.13 bits per heavy atom. The quantitative estimate of drug-likeness (QED) is 0.683. The minimum Gasteiger partial charge on any atom is -0.497 e. The molecule has 6 nitrogen and oxygen atoms in total. The molecule has 1 aliphatic rings. The average Bonchev–Trinajstić information content (AvgIpc) is 2.73. The first-order chi connectivity index (χ1) is 14.2. The molecule has 3 rings (SSSR count). The van der Waals surface area contributed by atoms with Crippen LogP contribution in [0.15, 0.2) is 47.4 Å². The molecule has 0 bridgehead atoms. The fraction of sp³-hybridized carbons (Fsp3) is 0.381. The van der Waals surface area contributed by atoms with Crippen LogP contribution in [0, 0.1) is 5.92 Å². The van der Waals surface area contributed by atoms with E-state index in [-0.39, 0.29) is 22.8 Å². The molecule has 0 radical (unpaired) electrons. The summed E-state index contributed by atoms with van der Waals surface area (Å²) in [5.41, 5.74) is 0.786. The highest BCUT2D eigenvalue weighted by atomic mass is 35.5. The molecular formula is C21H24Cl2N2O4S. The minimum atomic E-state index is -3.60. The molecular weight excluding hydrogens is 447 g/mol. The fourth-order valence-electron chi connectivity index (χ4n) is 3.52. The Morgan fingerprint density at radius 2 is 1.77 bits per heavy atom. The van der Waals surface area contributed by atoms with Crippen molar-refractivity contribution in [3.8, 4) is 5.75 Å². The van der Waals surface area contributed by atoms with Gasteiger partial charge in [0.2, 0.25) is 15.9 Å². The molecule has 0 aliphatic carbocycles. The van der Waals surface area contributed by atoms with Crippen LogP contribution in [0.1, 0.15) is 31.4 Å². The summed E-state index contributed by atoms with van der Waals surface area (Å²) in [5.74, 6) is 0.245. The zero-order valence-electron chi connectivity index (χ0n) is 16.8. The van der Waals surface area contributed by atoms with E-state index < -0.39 is 10.0 Å². The largest absolute Gasteiger partial charge is 0.497 e. The highest BCUT2D eigenvalue weighted by Gasteiger charge is 2.32. The average molecular weight is 471 g/mol. The predicted molar refractivity (Wildman–Crippen MR) is 117 cm³/mol. The van der Waals surface area contributed by atoms with Gasteiger partial charge in [-0.25, -0.2) is 8.42 Å². The van der Waals surface area contributed by atoms with Crippen molar-refractivity contribution in [2.75, 3.05) is 20.2 Å². The molecule has 1 fully saturated rings. The highest BCUT2D eigenvalue weighted by Crippen LogP contribution is 2.28. The Kier molecular flexibility index (Phi) is 7.29. The monoisotopic (exact) mass is 470 g/mol. The van der Waals surface area contributed by atoms with Gasteiger partial charge < -0.3 is 10.1 Å². The summed E-state index contributed by atoms with van der Waals surface area (Å²) in [7, 11) is -2.07. The Labute approximate surface area is 187 Å². The molecule has 2 aromatic rings. The van der Waals surface area contributed by atoms with Gasteiger partial charge in [0.15, 0.2) is 0 Å². The number of hydrogen-bond acceptors (Lipinski definition) is 4. The van der Waals surface area contributed by atoms with Gasteiger partial charge in [-0.1, -0.05) is 29.3 Å². The zero-order chi connectivity index (χ0) is 21.9. The first-order valence-corrected chi connectivity index (χ1v) is 11.8. The van der Waals surface area contributed by atoms with Crippen molar-refractivity contribution in [1.29, 1.82) is 0 Å². The lowest BCUT2D eigenvalue weighted by atomic mass is 9.96. The molecule has 0 aromatic heterocycles. The van der Waals surface area contributed by atoms with Crippen LogP contribution in [-0.4, -0.2) is 38.8 Å². The van der Waals surface area contributed by atoms with E-state index in [0.29, 0.717) is 41.7 Å². The van der Waals surface area contributed by atoms with Crippen molar-refractivity contribution in [1.82, 2.24) is 9.62 Å². The second-order valence-corrected chi connectivity index (χ2v) is 10.0. The number of piperidine rings is 1. The van der Waals surface area contributed by atoms with Gasteiger partial charge in [0.05, 0.1) is 18.0 Å². The maximum absolute atomic E-state index is 12.9. The number of halogens is 2. The van der Waals surface area contributed by atoms with Gasteiger partial charge in [-0.2, -0.15) is 4.31 Å². The van der Waals surface area contributed by atoms with Gasteiger partial charge in [0.25, 0.3) is 0 Å². The summed E-state index contributed by atoms with van der Waals surface area (Å²) in [4.78, 5) is 12.9. The van der Waals surface area contributed by atoms with E-state index in [4.69, 9.17) is 27.9 Å². The normalized spacial score (nSPS) is 16.8. The zero-order valence-corrected chi connectivity index (χ0v) is 19.1. The van der Waals surface area contributed by atoms with Crippen LogP contribution in [0.2, 0.25) is 10.0 Å². The first-order valence-electron chi connectivity index (χ1n) is 9.62. The van der Waals surface area contributed by atoms with Crippen molar-refractivity contribution in [2.24, 2.45) is 5.92 Å². The van der Waals surface area contributed by atoms with Crippen LogP contribution in [0.5, 0.6) is 5.75 Å². The number of hydrogen-bond donors (Lipinski definition) is 1. The van der Waals surface area contributed by atoms with E-state index in [2.05, 4.69) is 5.32 Å². The van der Waals surface area contributed by atoms with Crippen molar-refractivity contribution in [2.45, 2.75) is 30.7 Å². The first kappa shape index (κ1) is 22.9. The van der Waals surface area contributed by atoms with Gasteiger partial charge in [-0.3, -0.25) is 4.79 Å². The van der Waals surface area contributed by atoms with E-state index in [0.717, 1.165) is 5.56 Å². The third-order valence-corrected chi connectivity index (χ3v) is 7.78. The predicted octanol–water partition coefficient (Wildman–Crippen LogP) is 4.28. The second kappa shape index (κ2) is 9.56. The smallest absolute Gasteiger partial charge is 0.243 e. The summed E-state index contributed by atoms with van der Waals surface area (Å²) in [5, 5.41) is 4.01. The third kappa shape index (κ3) is 5.09. The molecule has 0 spiro atoms. The molecule has 1 aliphatic heterocycles. The molecule has 0 saturated carbocycles. The van der Waals surface area contributed by atoms with Crippen LogP contribution in [-0.2, 0) is 14.8 Å². The van der Waals surface area contributed by atoms with Crippen molar-refractivity contribution in [3.05, 3.63) is 58.1 Å². The topological polar surface area (TPSA) is 75.7 Å². The summed E-state index contributed by atoms with van der Waals surface area (Å²) in [6.07, 6.45) is 0.921. The molecule has 1 amide bonds. The molecule has 1 saturated heterocycles. The molecule has 2 aromatic carbocycles. The number of carbonyl (C=O) groups excluding carboxylic acids is 1. The van der Waals surface area contributed by atoms with E-state index in [1.54, 1.807) is 30.3 Å². The summed E-state index contributed by atoms with van der Waals surface area (Å²) in [6, 6.07) is 11.2. The molecule has 1 N–H and O–H groups in total. The van der Waals surface area contributed by atoms with Crippen LogP contribution in [0.3, 0.4) is 0 Å². The third-order valence-electron chi connectivity index (χ3n) is 5.31. The van der Waals surface area contributed by atoms with Crippen molar-refractivity contribution < 1.29 is 17.9 Å². The highest BCUT2D eigenvalue weighted by molar-refractivity contribution is 7.89. The number of ether oxygens (including phenoxy) is 1. The number of rotatable bonds is 6. The second-order valence-electron chi connectivity index (χ2n) is 7.25. The van der Waals surface area contributed by atoms with Gasteiger partial charge in [0.1, 0.15) is 5.75 Å². The van der Waals surface area contributed by atoms with Crippen LogP contribution >= 0.6 is 23.2 Å². The number of amides is 1. The molecule has 1 atom stereocenters. The lowest BCUT2D eigenvalue weighted by Crippen LogP contribution is -2.43. The molecule has 162 valence electrons. The minimum absolute atomic E-state index is 0.102. The Hall–Kier alpha value is -1.80. The van der Waals surface area contributed by atoms with Crippen molar-refractivity contribution in [3.63, 3.8) is 0 Å². The number of sulfonamides is 1. The number of methoxy groups -OCH3 is 1. The number of carbonyl (C=O) groups is 1.